The van der Waals surface area contributed by atoms with E-state index in [0.29, 0.717) is 0 Å². The van der Waals surface area contributed by atoms with E-state index in [-0.39, 0.29) is 21.6 Å². The number of carbonyl (C=O) groups is 1. The molecule has 1 N–H and O–H groups in total. The molecule has 0 amide bonds. The van der Waals surface area contributed by atoms with Crippen LogP contribution >= 0.6 is 23.2 Å². The van der Waals surface area contributed by atoms with Crippen LogP contribution in [-0.4, -0.2) is 11.5 Å². The summed E-state index contributed by atoms with van der Waals surface area (Å²) in [6.07, 6.45) is 2.32. The van der Waals surface area contributed by atoms with Gasteiger partial charge in [0.15, 0.2) is 5.78 Å². The van der Waals surface area contributed by atoms with E-state index in [0.717, 1.165) is 12.2 Å². The van der Waals surface area contributed by atoms with E-state index in [9.17, 15) is 4.79 Å². The minimum atomic E-state index is -0.272. The van der Waals surface area contributed by atoms with Crippen LogP contribution in [0.2, 0.25) is 0 Å². The number of hydrogen-bond acceptors (Lipinski definition) is 2. The van der Waals surface area contributed by atoms with Gasteiger partial charge >= 0.3 is 0 Å². The van der Waals surface area contributed by atoms with E-state index in [1.807, 2.05) is 0 Å². The SMILES string of the molecule is N=C1C(Cl)=CC(=O)C=C1Cl. The topological polar surface area (TPSA) is 40.9 Å². The lowest BCUT2D eigenvalue weighted by Crippen LogP contribution is -2.06. The van der Waals surface area contributed by atoms with Gasteiger partial charge in [-0.3, -0.25) is 10.2 Å². The molecule has 0 radical (unpaired) electrons. The number of halogens is 2. The second kappa shape index (κ2) is 2.56. The summed E-state index contributed by atoms with van der Waals surface area (Å²) in [5.74, 6) is -0.272. The summed E-state index contributed by atoms with van der Waals surface area (Å²) in [5, 5.41) is 7.33. The number of ketones is 1. The maximum absolute atomic E-state index is 10.6. The van der Waals surface area contributed by atoms with E-state index in [4.69, 9.17) is 28.6 Å². The lowest BCUT2D eigenvalue weighted by atomic mass is 10.1. The lowest BCUT2D eigenvalue weighted by molar-refractivity contribution is -0.110. The van der Waals surface area contributed by atoms with Crippen LogP contribution in [0.1, 0.15) is 0 Å². The van der Waals surface area contributed by atoms with Crippen molar-refractivity contribution >= 4 is 34.7 Å². The minimum Gasteiger partial charge on any atom is -0.298 e. The molecule has 0 atom stereocenters. The van der Waals surface area contributed by atoms with Gasteiger partial charge in [0.1, 0.15) is 0 Å². The van der Waals surface area contributed by atoms with Crippen LogP contribution in [0.25, 0.3) is 0 Å². The zero-order valence-electron chi connectivity index (χ0n) is 4.82. The van der Waals surface area contributed by atoms with Gasteiger partial charge in [0, 0.05) is 12.2 Å². The summed E-state index contributed by atoms with van der Waals surface area (Å²) >= 11 is 10.9. The molecule has 0 saturated heterocycles. The van der Waals surface area contributed by atoms with Crippen LogP contribution in [0.4, 0.5) is 0 Å². The van der Waals surface area contributed by atoms with Crippen molar-refractivity contribution in [2.75, 3.05) is 0 Å². The van der Waals surface area contributed by atoms with Gasteiger partial charge in [-0.2, -0.15) is 0 Å². The van der Waals surface area contributed by atoms with Crippen LogP contribution < -0.4 is 0 Å². The molecular formula is C6H3Cl2NO. The third kappa shape index (κ3) is 1.28. The van der Waals surface area contributed by atoms with Gasteiger partial charge in [-0.05, 0) is 0 Å². The van der Waals surface area contributed by atoms with E-state index in [1.54, 1.807) is 0 Å². The van der Waals surface area contributed by atoms with Gasteiger partial charge in [0.2, 0.25) is 0 Å². The third-order valence-electron chi connectivity index (χ3n) is 1.02. The molecule has 1 aliphatic rings. The highest BCUT2D eigenvalue weighted by Crippen LogP contribution is 2.18. The molecule has 0 aliphatic heterocycles. The van der Waals surface area contributed by atoms with Gasteiger partial charge in [0.05, 0.1) is 15.8 Å². The molecular weight excluding hydrogens is 173 g/mol. The van der Waals surface area contributed by atoms with Crippen molar-refractivity contribution in [1.29, 1.82) is 5.41 Å². The lowest BCUT2D eigenvalue weighted by Gasteiger charge is -2.03. The van der Waals surface area contributed by atoms with Gasteiger partial charge in [0.25, 0.3) is 0 Å². The van der Waals surface area contributed by atoms with E-state index >= 15 is 0 Å². The fraction of sp³-hybridized carbons (Fsp3) is 0. The van der Waals surface area contributed by atoms with Gasteiger partial charge in [-0.25, -0.2) is 0 Å². The Morgan fingerprint density at radius 3 is 2.00 bits per heavy atom. The first kappa shape index (κ1) is 7.51. The Labute approximate surface area is 67.6 Å². The molecule has 2 nitrogen and oxygen atoms in total. The van der Waals surface area contributed by atoms with E-state index in [1.165, 1.54) is 0 Å². The Morgan fingerprint density at radius 1 is 1.20 bits per heavy atom. The minimum absolute atomic E-state index is 0.00272. The summed E-state index contributed by atoms with van der Waals surface area (Å²) in [7, 11) is 0. The summed E-state index contributed by atoms with van der Waals surface area (Å²) in [4.78, 5) is 10.6. The Morgan fingerprint density at radius 2 is 1.60 bits per heavy atom. The highest BCUT2D eigenvalue weighted by atomic mass is 35.5. The smallest absolute Gasteiger partial charge is 0.181 e. The third-order valence-corrected chi connectivity index (χ3v) is 1.61. The Hall–Kier alpha value is -0.600. The quantitative estimate of drug-likeness (QED) is 0.562. The zero-order chi connectivity index (χ0) is 7.72. The Kier molecular flexibility index (Phi) is 1.92. The van der Waals surface area contributed by atoms with Crippen molar-refractivity contribution in [2.45, 2.75) is 0 Å². The molecule has 0 unspecified atom stereocenters. The van der Waals surface area contributed by atoms with Gasteiger partial charge in [-0.1, -0.05) is 23.2 Å². The second-order valence-electron chi connectivity index (χ2n) is 1.76. The van der Waals surface area contributed by atoms with Gasteiger partial charge < -0.3 is 0 Å². The molecule has 0 saturated carbocycles. The van der Waals surface area contributed by atoms with Gasteiger partial charge in [-0.15, -0.1) is 0 Å². The van der Waals surface area contributed by atoms with Crippen molar-refractivity contribution in [1.82, 2.24) is 0 Å². The molecule has 0 aromatic carbocycles. The number of rotatable bonds is 0. The Bertz CT molecular complexity index is 241. The van der Waals surface area contributed by atoms with Crippen molar-refractivity contribution in [3.8, 4) is 0 Å². The first-order valence-corrected chi connectivity index (χ1v) is 3.24. The van der Waals surface area contributed by atoms with E-state index < -0.39 is 0 Å². The fourth-order valence-electron chi connectivity index (χ4n) is 0.550. The fourth-order valence-corrected chi connectivity index (χ4v) is 1.02. The molecule has 0 heterocycles. The largest absolute Gasteiger partial charge is 0.298 e. The average molecular weight is 176 g/mol. The average Bonchev–Trinajstić information content (AvgIpc) is 1.82. The maximum Gasteiger partial charge on any atom is 0.181 e. The van der Waals surface area contributed by atoms with Crippen LogP contribution in [0.15, 0.2) is 22.2 Å². The highest BCUT2D eigenvalue weighted by molar-refractivity contribution is 6.57. The van der Waals surface area contributed by atoms with Crippen LogP contribution in [-0.2, 0) is 4.79 Å². The number of hydrogen-bond donors (Lipinski definition) is 1. The number of allylic oxidation sites excluding steroid dienone is 4. The van der Waals surface area contributed by atoms with E-state index in [2.05, 4.69) is 0 Å². The first-order valence-electron chi connectivity index (χ1n) is 2.49. The molecule has 0 aromatic rings. The number of nitrogens with one attached hydrogen (secondary N) is 1. The molecule has 0 bridgehead atoms. The Balaban J connectivity index is 3.05. The summed E-state index contributed by atoms with van der Waals surface area (Å²) in [6, 6.07) is 0. The molecule has 52 valence electrons. The molecule has 10 heavy (non-hydrogen) atoms. The first-order chi connectivity index (χ1) is 4.61. The molecule has 0 fully saturated rings. The van der Waals surface area contributed by atoms with Crippen molar-refractivity contribution in [3.63, 3.8) is 0 Å². The van der Waals surface area contributed by atoms with Crippen LogP contribution in [0.3, 0.4) is 0 Å². The molecule has 0 aromatic heterocycles. The monoisotopic (exact) mass is 175 g/mol. The standard InChI is InChI=1S/C6H3Cl2NO/c7-4-1-3(10)2-5(8)6(4)9/h1-2,9H. The molecule has 0 spiro atoms. The van der Waals surface area contributed by atoms with Crippen molar-refractivity contribution < 1.29 is 4.79 Å². The summed E-state index contributed by atoms with van der Waals surface area (Å²) in [6.45, 7) is 0. The summed E-state index contributed by atoms with van der Waals surface area (Å²) < 4.78 is 0. The second-order valence-corrected chi connectivity index (χ2v) is 2.58. The zero-order valence-corrected chi connectivity index (χ0v) is 6.33. The van der Waals surface area contributed by atoms with Crippen molar-refractivity contribution in [3.05, 3.63) is 22.2 Å². The van der Waals surface area contributed by atoms with Crippen LogP contribution in [0.5, 0.6) is 0 Å². The highest BCUT2D eigenvalue weighted by Gasteiger charge is 2.13. The predicted molar refractivity (Wildman–Crippen MR) is 40.6 cm³/mol. The maximum atomic E-state index is 10.6. The molecule has 4 heteroatoms. The molecule has 1 aliphatic carbocycles. The predicted octanol–water partition coefficient (Wildman–Crippen LogP) is 1.83. The normalized spacial score (nSPS) is 18.6. The summed E-state index contributed by atoms with van der Waals surface area (Å²) in [5.41, 5.74) is 0.00272. The number of carbonyl (C=O) groups excluding carboxylic acids is 1. The van der Waals surface area contributed by atoms with Crippen LogP contribution in [0, 0.1) is 5.41 Å². The molecule has 1 rings (SSSR count). The van der Waals surface area contributed by atoms with Crippen molar-refractivity contribution in [2.24, 2.45) is 0 Å².